The van der Waals surface area contributed by atoms with Gasteiger partial charge in [-0.15, -0.1) is 0 Å². The Hall–Kier alpha value is -1.06. The van der Waals surface area contributed by atoms with Gasteiger partial charge >= 0.3 is 0 Å². The number of nitrogens with two attached hydrogens (primary N) is 2. The molecule has 1 aromatic carbocycles. The first kappa shape index (κ1) is 14.4. The Balaban J connectivity index is 2.01. The number of nitrogens with zero attached hydrogens (tertiary/aromatic N) is 1. The quantitative estimate of drug-likeness (QED) is 0.874. The molecule has 0 spiro atoms. The van der Waals surface area contributed by atoms with E-state index in [0.717, 1.165) is 25.9 Å². The first-order chi connectivity index (χ1) is 9.10. The molecule has 4 N–H and O–H groups in total. The third-order valence-electron chi connectivity index (χ3n) is 4.62. The highest BCUT2D eigenvalue weighted by Gasteiger charge is 2.32. The number of piperidine rings is 1. The molecule has 0 atom stereocenters. The normalized spacial score (nSPS) is 18.9. The topological polar surface area (TPSA) is 55.3 Å². The minimum atomic E-state index is 0.175. The molecule has 0 bridgehead atoms. The van der Waals surface area contributed by atoms with Crippen molar-refractivity contribution >= 4 is 5.69 Å². The van der Waals surface area contributed by atoms with Crippen molar-refractivity contribution in [1.29, 1.82) is 0 Å². The van der Waals surface area contributed by atoms with Crippen molar-refractivity contribution in [2.24, 2.45) is 16.9 Å². The Morgan fingerprint density at radius 1 is 1.05 bits per heavy atom. The maximum absolute atomic E-state index is 5.89. The van der Waals surface area contributed by atoms with Crippen LogP contribution in [0.1, 0.15) is 38.2 Å². The van der Waals surface area contributed by atoms with Crippen molar-refractivity contribution in [2.45, 2.75) is 32.6 Å². The summed E-state index contributed by atoms with van der Waals surface area (Å²) in [6, 6.07) is 8.97. The highest BCUT2D eigenvalue weighted by atomic mass is 15.1. The molecule has 1 fully saturated rings. The van der Waals surface area contributed by atoms with Gasteiger partial charge in [0.15, 0.2) is 0 Å². The van der Waals surface area contributed by atoms with Crippen LogP contribution in [0.5, 0.6) is 0 Å². The molecule has 1 aliphatic rings. The highest BCUT2D eigenvalue weighted by molar-refractivity contribution is 5.48. The van der Waals surface area contributed by atoms with E-state index in [2.05, 4.69) is 43.0 Å². The van der Waals surface area contributed by atoms with Gasteiger partial charge in [0.05, 0.1) is 0 Å². The molecule has 106 valence electrons. The lowest BCUT2D eigenvalue weighted by atomic mass is 9.78. The van der Waals surface area contributed by atoms with Crippen LogP contribution in [0, 0.1) is 5.41 Å². The molecule has 2 rings (SSSR count). The summed E-state index contributed by atoms with van der Waals surface area (Å²) in [5, 5.41) is 0. The molecule has 0 unspecified atom stereocenters. The second-order valence-electron chi connectivity index (χ2n) is 6.14. The van der Waals surface area contributed by atoms with E-state index in [1.807, 2.05) is 0 Å². The van der Waals surface area contributed by atoms with Crippen molar-refractivity contribution in [3.63, 3.8) is 0 Å². The SMILES string of the molecule is CC(C)c1ccc(N2CCC(CN)(CN)CC2)cc1. The van der Waals surface area contributed by atoms with Crippen LogP contribution < -0.4 is 16.4 Å². The van der Waals surface area contributed by atoms with Crippen LogP contribution in [0.25, 0.3) is 0 Å². The lowest BCUT2D eigenvalue weighted by Crippen LogP contribution is -2.47. The predicted molar refractivity (Wildman–Crippen MR) is 82.5 cm³/mol. The summed E-state index contributed by atoms with van der Waals surface area (Å²) in [4.78, 5) is 2.45. The number of benzene rings is 1. The van der Waals surface area contributed by atoms with Crippen LogP contribution in [0.4, 0.5) is 5.69 Å². The Morgan fingerprint density at radius 3 is 2.00 bits per heavy atom. The highest BCUT2D eigenvalue weighted by Crippen LogP contribution is 2.32. The molecule has 3 nitrogen and oxygen atoms in total. The fourth-order valence-corrected chi connectivity index (χ4v) is 2.80. The van der Waals surface area contributed by atoms with Gasteiger partial charge in [0, 0.05) is 18.8 Å². The molecule has 0 radical (unpaired) electrons. The van der Waals surface area contributed by atoms with Gasteiger partial charge in [0.1, 0.15) is 0 Å². The fourth-order valence-electron chi connectivity index (χ4n) is 2.80. The Kier molecular flexibility index (Phi) is 4.48. The predicted octanol–water partition coefficient (Wildman–Crippen LogP) is 2.31. The number of anilines is 1. The van der Waals surface area contributed by atoms with Gasteiger partial charge in [-0.1, -0.05) is 26.0 Å². The Morgan fingerprint density at radius 2 is 1.58 bits per heavy atom. The summed E-state index contributed by atoms with van der Waals surface area (Å²) in [6.07, 6.45) is 2.21. The molecule has 1 saturated heterocycles. The number of hydrogen-bond acceptors (Lipinski definition) is 3. The molecule has 1 heterocycles. The lowest BCUT2D eigenvalue weighted by Gasteiger charge is -2.41. The van der Waals surface area contributed by atoms with E-state index in [0.29, 0.717) is 19.0 Å². The standard InChI is InChI=1S/C16H27N3/c1-13(2)14-3-5-15(6-4-14)19-9-7-16(11-17,12-18)8-10-19/h3-6,13H,7-12,17-18H2,1-2H3. The molecule has 1 aliphatic heterocycles. The summed E-state index contributed by atoms with van der Waals surface area (Å²) >= 11 is 0. The van der Waals surface area contributed by atoms with Crippen LogP contribution in [-0.2, 0) is 0 Å². The molecule has 3 heteroatoms. The second-order valence-corrected chi connectivity index (χ2v) is 6.14. The average molecular weight is 261 g/mol. The lowest BCUT2D eigenvalue weighted by molar-refractivity contribution is 0.238. The zero-order valence-corrected chi connectivity index (χ0v) is 12.2. The molecule has 0 saturated carbocycles. The third-order valence-corrected chi connectivity index (χ3v) is 4.62. The van der Waals surface area contributed by atoms with Crippen LogP contribution in [-0.4, -0.2) is 26.2 Å². The zero-order valence-electron chi connectivity index (χ0n) is 12.2. The fraction of sp³-hybridized carbons (Fsp3) is 0.625. The largest absolute Gasteiger partial charge is 0.371 e. The van der Waals surface area contributed by atoms with E-state index in [1.54, 1.807) is 0 Å². The van der Waals surface area contributed by atoms with Crippen molar-refractivity contribution in [2.75, 3.05) is 31.1 Å². The zero-order chi connectivity index (χ0) is 13.9. The number of rotatable bonds is 4. The van der Waals surface area contributed by atoms with Gasteiger partial charge in [-0.2, -0.15) is 0 Å². The molecule has 1 aromatic rings. The van der Waals surface area contributed by atoms with E-state index in [9.17, 15) is 0 Å². The van der Waals surface area contributed by atoms with Crippen LogP contribution >= 0.6 is 0 Å². The maximum Gasteiger partial charge on any atom is 0.0366 e. The van der Waals surface area contributed by atoms with Crippen molar-refractivity contribution in [1.82, 2.24) is 0 Å². The first-order valence-corrected chi connectivity index (χ1v) is 7.35. The van der Waals surface area contributed by atoms with E-state index in [1.165, 1.54) is 11.3 Å². The maximum atomic E-state index is 5.89. The van der Waals surface area contributed by atoms with Gasteiger partial charge < -0.3 is 16.4 Å². The van der Waals surface area contributed by atoms with Gasteiger partial charge in [-0.05, 0) is 55.0 Å². The molecule has 0 aliphatic carbocycles. The van der Waals surface area contributed by atoms with Gasteiger partial charge in [-0.3, -0.25) is 0 Å². The van der Waals surface area contributed by atoms with Crippen molar-refractivity contribution < 1.29 is 0 Å². The Bertz CT molecular complexity index is 383. The summed E-state index contributed by atoms with van der Waals surface area (Å²) < 4.78 is 0. The average Bonchev–Trinajstić information content (AvgIpc) is 2.47. The monoisotopic (exact) mass is 261 g/mol. The van der Waals surface area contributed by atoms with Crippen LogP contribution in [0.15, 0.2) is 24.3 Å². The van der Waals surface area contributed by atoms with Crippen molar-refractivity contribution in [3.8, 4) is 0 Å². The van der Waals surface area contributed by atoms with Crippen LogP contribution in [0.3, 0.4) is 0 Å². The molecular formula is C16H27N3. The van der Waals surface area contributed by atoms with Gasteiger partial charge in [0.25, 0.3) is 0 Å². The summed E-state index contributed by atoms with van der Waals surface area (Å²) in [5.74, 6) is 0.595. The van der Waals surface area contributed by atoms with Crippen molar-refractivity contribution in [3.05, 3.63) is 29.8 Å². The molecule has 0 aromatic heterocycles. The summed E-state index contributed by atoms with van der Waals surface area (Å²) in [7, 11) is 0. The Labute approximate surface area is 117 Å². The van der Waals surface area contributed by atoms with E-state index < -0.39 is 0 Å². The minimum Gasteiger partial charge on any atom is -0.371 e. The van der Waals surface area contributed by atoms with Gasteiger partial charge in [0.2, 0.25) is 0 Å². The molecule has 0 amide bonds. The number of hydrogen-bond donors (Lipinski definition) is 2. The third kappa shape index (κ3) is 3.10. The van der Waals surface area contributed by atoms with E-state index >= 15 is 0 Å². The van der Waals surface area contributed by atoms with E-state index in [-0.39, 0.29) is 5.41 Å². The molecular weight excluding hydrogens is 234 g/mol. The minimum absolute atomic E-state index is 0.175. The first-order valence-electron chi connectivity index (χ1n) is 7.35. The van der Waals surface area contributed by atoms with Crippen LogP contribution in [0.2, 0.25) is 0 Å². The summed E-state index contributed by atoms with van der Waals surface area (Å²) in [5.41, 5.74) is 14.7. The summed E-state index contributed by atoms with van der Waals surface area (Å²) in [6.45, 7) is 8.01. The molecule has 19 heavy (non-hydrogen) atoms. The van der Waals surface area contributed by atoms with Gasteiger partial charge in [-0.25, -0.2) is 0 Å². The smallest absolute Gasteiger partial charge is 0.0366 e. The van der Waals surface area contributed by atoms with E-state index in [4.69, 9.17) is 11.5 Å². The second kappa shape index (κ2) is 5.93.